The lowest BCUT2D eigenvalue weighted by Gasteiger charge is -2.62. The normalized spacial score (nSPS) is 45.1. The smallest absolute Gasteiger partial charge is 0.220 e. The van der Waals surface area contributed by atoms with E-state index in [0.29, 0.717) is 41.9 Å². The van der Waals surface area contributed by atoms with Crippen molar-refractivity contribution in [3.8, 4) is 0 Å². The average Bonchev–Trinajstić information content (AvgIpc) is 3.09. The van der Waals surface area contributed by atoms with Gasteiger partial charge in [0, 0.05) is 19.2 Å². The van der Waals surface area contributed by atoms with Gasteiger partial charge in [-0.3, -0.25) is 4.79 Å². The van der Waals surface area contributed by atoms with Crippen LogP contribution in [0.5, 0.6) is 0 Å². The Morgan fingerprint density at radius 2 is 1.71 bits per heavy atom. The first-order valence-electron chi connectivity index (χ1n) is 13.7. The summed E-state index contributed by atoms with van der Waals surface area (Å²) in [5, 5.41) is 24.4. The van der Waals surface area contributed by atoms with Crippen molar-refractivity contribution in [3.05, 3.63) is 0 Å². The van der Waals surface area contributed by atoms with Gasteiger partial charge in [-0.1, -0.05) is 20.8 Å². The zero-order valence-electron chi connectivity index (χ0n) is 21.6. The molecule has 0 aliphatic heterocycles. The molecule has 4 aliphatic rings. The van der Waals surface area contributed by atoms with E-state index in [-0.39, 0.29) is 41.2 Å². The molecule has 1 amide bonds. The van der Waals surface area contributed by atoms with Crippen molar-refractivity contribution < 1.29 is 23.4 Å². The maximum absolute atomic E-state index is 12.3. The summed E-state index contributed by atoms with van der Waals surface area (Å²) in [4.78, 5) is 12.3. The van der Waals surface area contributed by atoms with E-state index < -0.39 is 9.84 Å². The lowest BCUT2D eigenvalue weighted by Crippen LogP contribution is -2.58. The first kappa shape index (κ1) is 26.4. The molecule has 4 unspecified atom stereocenters. The summed E-state index contributed by atoms with van der Waals surface area (Å²) in [6.45, 7) is 7.38. The standard InChI is InChI=1S/C27H47NO5S/c1-17(5-8-24(31)28-13-14-34(4,32)33)20-6-7-21-25-22(10-12-27(20,21)3)26(2)11-9-19(29)15-18(26)16-23(25)30/h17-23,25,29-30H,5-16H2,1-4H3,(H,28,31)/t17-,18?,19-,20-,21?,22?,23+,25?,26+,27-/m1/s1. The highest BCUT2D eigenvalue weighted by Gasteiger charge is 2.62. The lowest BCUT2D eigenvalue weighted by atomic mass is 9.43. The van der Waals surface area contributed by atoms with Crippen molar-refractivity contribution in [2.75, 3.05) is 18.6 Å². The molecule has 4 fully saturated rings. The van der Waals surface area contributed by atoms with Gasteiger partial charge in [0.1, 0.15) is 9.84 Å². The van der Waals surface area contributed by atoms with Crippen molar-refractivity contribution in [1.82, 2.24) is 5.32 Å². The number of hydrogen-bond acceptors (Lipinski definition) is 5. The summed E-state index contributed by atoms with van der Waals surface area (Å²) < 4.78 is 22.6. The number of sulfone groups is 1. The number of amides is 1. The Labute approximate surface area is 206 Å². The van der Waals surface area contributed by atoms with Crippen LogP contribution in [-0.4, -0.2) is 55.3 Å². The van der Waals surface area contributed by atoms with Crippen LogP contribution in [0.4, 0.5) is 0 Å². The number of rotatable bonds is 7. The molecule has 7 heteroatoms. The van der Waals surface area contributed by atoms with Crippen LogP contribution in [0.25, 0.3) is 0 Å². The number of carbonyl (C=O) groups is 1. The van der Waals surface area contributed by atoms with Gasteiger partial charge in [0.25, 0.3) is 0 Å². The predicted molar refractivity (Wildman–Crippen MR) is 134 cm³/mol. The Kier molecular flexibility index (Phi) is 7.50. The zero-order valence-corrected chi connectivity index (χ0v) is 22.4. The number of nitrogens with one attached hydrogen (secondary N) is 1. The van der Waals surface area contributed by atoms with Gasteiger partial charge in [-0.25, -0.2) is 8.42 Å². The largest absolute Gasteiger partial charge is 0.393 e. The first-order valence-corrected chi connectivity index (χ1v) is 15.7. The fraction of sp³-hybridized carbons (Fsp3) is 0.963. The summed E-state index contributed by atoms with van der Waals surface area (Å²) in [7, 11) is -3.06. The highest BCUT2D eigenvalue weighted by molar-refractivity contribution is 7.90. The molecule has 196 valence electrons. The van der Waals surface area contributed by atoms with Crippen molar-refractivity contribution in [2.45, 2.75) is 97.2 Å². The molecule has 10 atom stereocenters. The first-order chi connectivity index (χ1) is 15.8. The topological polar surface area (TPSA) is 104 Å². The Morgan fingerprint density at radius 1 is 1.03 bits per heavy atom. The van der Waals surface area contributed by atoms with Crippen molar-refractivity contribution in [1.29, 1.82) is 0 Å². The van der Waals surface area contributed by atoms with Crippen LogP contribution in [0.1, 0.15) is 85.0 Å². The van der Waals surface area contributed by atoms with Gasteiger partial charge in [-0.15, -0.1) is 0 Å². The minimum Gasteiger partial charge on any atom is -0.393 e. The summed E-state index contributed by atoms with van der Waals surface area (Å²) in [6.07, 6.45) is 10.4. The monoisotopic (exact) mass is 497 g/mol. The van der Waals surface area contributed by atoms with Crippen LogP contribution in [0.3, 0.4) is 0 Å². The molecule has 0 bridgehead atoms. The summed E-state index contributed by atoms with van der Waals surface area (Å²) in [5.41, 5.74) is 0.462. The molecule has 3 N–H and O–H groups in total. The Balaban J connectivity index is 1.39. The molecule has 4 rings (SSSR count). The third-order valence-corrected chi connectivity index (χ3v) is 12.0. The molecule has 34 heavy (non-hydrogen) atoms. The van der Waals surface area contributed by atoms with Gasteiger partial charge in [-0.05, 0) is 104 Å². The van der Waals surface area contributed by atoms with E-state index >= 15 is 0 Å². The van der Waals surface area contributed by atoms with Crippen LogP contribution in [0, 0.1) is 46.3 Å². The number of aliphatic hydroxyl groups is 2. The second-order valence-corrected chi connectivity index (χ2v) is 15.2. The fourth-order valence-electron chi connectivity index (χ4n) is 9.20. The summed E-state index contributed by atoms with van der Waals surface area (Å²) >= 11 is 0. The second kappa shape index (κ2) is 9.66. The van der Waals surface area contributed by atoms with E-state index in [1.54, 1.807) is 0 Å². The van der Waals surface area contributed by atoms with Crippen LogP contribution in [-0.2, 0) is 14.6 Å². The highest BCUT2D eigenvalue weighted by atomic mass is 32.2. The molecule has 0 radical (unpaired) electrons. The molecule has 0 aromatic heterocycles. The van der Waals surface area contributed by atoms with Gasteiger partial charge in [-0.2, -0.15) is 0 Å². The fourth-order valence-corrected chi connectivity index (χ4v) is 9.67. The number of fused-ring (bicyclic) bond motifs is 5. The van der Waals surface area contributed by atoms with Crippen molar-refractivity contribution >= 4 is 15.7 Å². The molecule has 0 saturated heterocycles. The SMILES string of the molecule is C[C@H](CCC(=O)NCCS(C)(=O)=O)[C@H]1CCC2C3C(CC[C@@]21C)[C@@]1(C)CC[C@@H](O)CC1C[C@@H]3O. The van der Waals surface area contributed by atoms with Crippen molar-refractivity contribution in [3.63, 3.8) is 0 Å². The molecule has 0 aromatic carbocycles. The number of carbonyl (C=O) groups excluding carboxylic acids is 1. The summed E-state index contributed by atoms with van der Waals surface area (Å²) in [5.74, 6) is 2.83. The molecular formula is C27H47NO5S. The minimum absolute atomic E-state index is 0.0136. The maximum Gasteiger partial charge on any atom is 0.220 e. The summed E-state index contributed by atoms with van der Waals surface area (Å²) in [6, 6.07) is 0. The zero-order chi connectivity index (χ0) is 24.9. The average molecular weight is 498 g/mol. The molecule has 4 aliphatic carbocycles. The Hall–Kier alpha value is -0.660. The Bertz CT molecular complexity index is 861. The molecule has 0 spiro atoms. The second-order valence-electron chi connectivity index (χ2n) is 12.9. The number of aliphatic hydroxyl groups excluding tert-OH is 2. The minimum atomic E-state index is -3.06. The van der Waals surface area contributed by atoms with E-state index in [9.17, 15) is 23.4 Å². The van der Waals surface area contributed by atoms with E-state index in [1.807, 2.05) is 0 Å². The van der Waals surface area contributed by atoms with Crippen LogP contribution in [0.15, 0.2) is 0 Å². The van der Waals surface area contributed by atoms with E-state index in [0.717, 1.165) is 32.1 Å². The van der Waals surface area contributed by atoms with Gasteiger partial charge in [0.15, 0.2) is 0 Å². The van der Waals surface area contributed by atoms with E-state index in [2.05, 4.69) is 26.1 Å². The highest BCUT2D eigenvalue weighted by Crippen LogP contribution is 2.68. The Morgan fingerprint density at radius 3 is 2.41 bits per heavy atom. The van der Waals surface area contributed by atoms with Gasteiger partial charge in [0.2, 0.25) is 5.91 Å². The number of hydrogen-bond donors (Lipinski definition) is 3. The van der Waals surface area contributed by atoms with Crippen LogP contribution < -0.4 is 5.32 Å². The van der Waals surface area contributed by atoms with Crippen LogP contribution in [0.2, 0.25) is 0 Å². The van der Waals surface area contributed by atoms with Gasteiger partial charge >= 0.3 is 0 Å². The van der Waals surface area contributed by atoms with E-state index in [1.165, 1.54) is 31.9 Å². The lowest BCUT2D eigenvalue weighted by molar-refractivity contribution is -0.174. The van der Waals surface area contributed by atoms with Gasteiger partial charge in [0.05, 0.1) is 18.0 Å². The van der Waals surface area contributed by atoms with Gasteiger partial charge < -0.3 is 15.5 Å². The molecule has 6 nitrogen and oxygen atoms in total. The molecule has 0 heterocycles. The van der Waals surface area contributed by atoms with E-state index in [4.69, 9.17) is 0 Å². The molecular weight excluding hydrogens is 450 g/mol. The third-order valence-electron chi connectivity index (χ3n) is 11.0. The van der Waals surface area contributed by atoms with Crippen molar-refractivity contribution in [2.24, 2.45) is 46.3 Å². The molecule has 0 aromatic rings. The third kappa shape index (κ3) is 4.95. The molecule has 4 saturated carbocycles. The predicted octanol–water partition coefficient (Wildman–Crippen LogP) is 3.55. The maximum atomic E-state index is 12.3. The quantitative estimate of drug-likeness (QED) is 0.499. The van der Waals surface area contributed by atoms with Crippen LogP contribution >= 0.6 is 0 Å².